The summed E-state index contributed by atoms with van der Waals surface area (Å²) in [7, 11) is 0. The molecule has 0 saturated heterocycles. The van der Waals surface area contributed by atoms with E-state index in [1.807, 2.05) is 48.7 Å². The fourth-order valence-electron chi connectivity index (χ4n) is 3.45. The van der Waals surface area contributed by atoms with Crippen molar-refractivity contribution in [1.29, 1.82) is 5.26 Å². The van der Waals surface area contributed by atoms with Gasteiger partial charge in [0, 0.05) is 36.6 Å². The normalized spacial score (nSPS) is 12.1. The van der Waals surface area contributed by atoms with Crippen LogP contribution in [0.4, 0.5) is 0 Å². The van der Waals surface area contributed by atoms with Crippen LogP contribution < -0.4 is 14.8 Å². The van der Waals surface area contributed by atoms with Gasteiger partial charge in [0.15, 0.2) is 11.5 Å². The number of nitrogens with zero attached hydrogens (tertiary/aromatic N) is 2. The Hall–Kier alpha value is -3.46. The van der Waals surface area contributed by atoms with Gasteiger partial charge >= 0.3 is 0 Å². The Morgan fingerprint density at radius 1 is 1.18 bits per heavy atom. The second-order valence-electron chi connectivity index (χ2n) is 6.71. The number of fused-ring (bicyclic) bond motifs is 2. The van der Waals surface area contributed by atoms with Crippen LogP contribution in [0, 0.1) is 11.3 Å². The van der Waals surface area contributed by atoms with Gasteiger partial charge in [-0.3, -0.25) is 4.79 Å². The molecule has 1 amide bonds. The van der Waals surface area contributed by atoms with E-state index in [2.05, 4.69) is 16.0 Å². The van der Waals surface area contributed by atoms with E-state index in [1.165, 1.54) is 0 Å². The molecule has 3 aromatic rings. The van der Waals surface area contributed by atoms with Gasteiger partial charge in [0.05, 0.1) is 11.6 Å². The van der Waals surface area contributed by atoms with Crippen molar-refractivity contribution in [2.45, 2.75) is 25.8 Å². The second kappa shape index (κ2) is 8.05. The maximum Gasteiger partial charge on any atom is 0.253 e. The van der Waals surface area contributed by atoms with E-state index in [0.717, 1.165) is 40.9 Å². The van der Waals surface area contributed by atoms with Crippen LogP contribution >= 0.6 is 0 Å². The molecule has 0 spiro atoms. The van der Waals surface area contributed by atoms with Crippen molar-refractivity contribution in [2.24, 2.45) is 0 Å². The molecule has 6 nitrogen and oxygen atoms in total. The van der Waals surface area contributed by atoms with E-state index in [9.17, 15) is 4.79 Å². The number of aryl methyl sites for hydroxylation is 1. The third kappa shape index (κ3) is 3.65. The van der Waals surface area contributed by atoms with Crippen LogP contribution in [0.5, 0.6) is 11.5 Å². The van der Waals surface area contributed by atoms with Crippen molar-refractivity contribution >= 4 is 16.8 Å². The fourth-order valence-corrected chi connectivity index (χ4v) is 3.45. The first kappa shape index (κ1) is 17.9. The van der Waals surface area contributed by atoms with Crippen LogP contribution in [-0.2, 0) is 13.0 Å². The maximum absolute atomic E-state index is 12.8. The predicted molar refractivity (Wildman–Crippen MR) is 105 cm³/mol. The summed E-state index contributed by atoms with van der Waals surface area (Å²) in [6, 6.07) is 15.9. The molecule has 28 heavy (non-hydrogen) atoms. The number of hydrogen-bond acceptors (Lipinski definition) is 4. The summed E-state index contributed by atoms with van der Waals surface area (Å²) in [5.74, 6) is 1.43. The number of ether oxygens (including phenoxy) is 2. The van der Waals surface area contributed by atoms with Gasteiger partial charge in [0.1, 0.15) is 0 Å². The smallest absolute Gasteiger partial charge is 0.253 e. The van der Waals surface area contributed by atoms with Gasteiger partial charge in [-0.05, 0) is 36.6 Å². The first-order chi connectivity index (χ1) is 13.8. The number of para-hydroxylation sites is 1. The van der Waals surface area contributed by atoms with E-state index in [4.69, 9.17) is 14.7 Å². The summed E-state index contributed by atoms with van der Waals surface area (Å²) in [5.41, 5.74) is 2.77. The van der Waals surface area contributed by atoms with Crippen molar-refractivity contribution in [3.63, 3.8) is 0 Å². The monoisotopic (exact) mass is 375 g/mol. The number of hydrogen-bond donors (Lipinski definition) is 1. The average molecular weight is 375 g/mol. The maximum atomic E-state index is 12.8. The molecule has 1 aliphatic rings. The van der Waals surface area contributed by atoms with Crippen LogP contribution in [0.1, 0.15) is 28.8 Å². The Kier molecular flexibility index (Phi) is 5.16. The number of amides is 1. The Morgan fingerprint density at radius 3 is 2.93 bits per heavy atom. The van der Waals surface area contributed by atoms with Gasteiger partial charge in [-0.1, -0.05) is 24.3 Å². The topological polar surface area (TPSA) is 76.3 Å². The molecule has 1 N–H and O–H groups in total. The highest BCUT2D eigenvalue weighted by Crippen LogP contribution is 2.32. The van der Waals surface area contributed by atoms with Crippen molar-refractivity contribution < 1.29 is 14.3 Å². The van der Waals surface area contributed by atoms with E-state index >= 15 is 0 Å². The number of unbranched alkanes of at least 4 members (excludes halogenated alkanes) is 1. The van der Waals surface area contributed by atoms with E-state index < -0.39 is 0 Å². The molecule has 0 aliphatic carbocycles. The minimum Gasteiger partial charge on any atom is -0.454 e. The van der Waals surface area contributed by atoms with Crippen LogP contribution in [0.25, 0.3) is 10.9 Å². The third-order valence-electron chi connectivity index (χ3n) is 4.86. The summed E-state index contributed by atoms with van der Waals surface area (Å²) in [6.07, 6.45) is 3.87. The zero-order valence-electron chi connectivity index (χ0n) is 15.5. The molecule has 0 unspecified atom stereocenters. The number of carbonyl (C=O) groups excluding carboxylic acids is 1. The van der Waals surface area contributed by atoms with Crippen molar-refractivity contribution in [3.05, 3.63) is 59.8 Å². The molecule has 4 rings (SSSR count). The highest BCUT2D eigenvalue weighted by Gasteiger charge is 2.15. The first-order valence-corrected chi connectivity index (χ1v) is 9.38. The van der Waals surface area contributed by atoms with E-state index in [1.54, 1.807) is 0 Å². The lowest BCUT2D eigenvalue weighted by Crippen LogP contribution is -2.25. The minimum atomic E-state index is -0.0871. The Morgan fingerprint density at radius 2 is 2.04 bits per heavy atom. The van der Waals surface area contributed by atoms with Crippen LogP contribution in [0.15, 0.2) is 48.7 Å². The summed E-state index contributed by atoms with van der Waals surface area (Å²) in [4.78, 5) is 12.8. The van der Waals surface area contributed by atoms with Crippen LogP contribution in [-0.4, -0.2) is 23.8 Å². The zero-order chi connectivity index (χ0) is 19.3. The number of aromatic nitrogens is 1. The highest BCUT2D eigenvalue weighted by atomic mass is 16.7. The van der Waals surface area contributed by atoms with Crippen molar-refractivity contribution in [1.82, 2.24) is 9.88 Å². The lowest BCUT2D eigenvalue weighted by molar-refractivity contribution is 0.0955. The molecule has 6 heteroatoms. The first-order valence-electron chi connectivity index (χ1n) is 9.38. The molecule has 0 saturated carbocycles. The second-order valence-corrected chi connectivity index (χ2v) is 6.71. The number of rotatable bonds is 7. The molecule has 1 aliphatic heterocycles. The lowest BCUT2D eigenvalue weighted by atomic mass is 10.1. The Labute approximate surface area is 163 Å². The molecular weight excluding hydrogens is 354 g/mol. The largest absolute Gasteiger partial charge is 0.454 e. The van der Waals surface area contributed by atoms with Gasteiger partial charge in [0.2, 0.25) is 6.79 Å². The van der Waals surface area contributed by atoms with Gasteiger partial charge in [-0.2, -0.15) is 5.26 Å². The molecular formula is C22H21N3O3. The van der Waals surface area contributed by atoms with Gasteiger partial charge in [-0.25, -0.2) is 0 Å². The van der Waals surface area contributed by atoms with Gasteiger partial charge in [0.25, 0.3) is 5.91 Å². The molecule has 0 radical (unpaired) electrons. The Balaban J connectivity index is 1.43. The number of benzene rings is 2. The summed E-state index contributed by atoms with van der Waals surface area (Å²) >= 11 is 0. The number of nitrogens with one attached hydrogen (secondary N) is 1. The molecule has 0 fully saturated rings. The van der Waals surface area contributed by atoms with Crippen LogP contribution in [0.2, 0.25) is 0 Å². The van der Waals surface area contributed by atoms with Crippen molar-refractivity contribution in [3.8, 4) is 17.6 Å². The molecule has 0 atom stereocenters. The Bertz CT molecular complexity index is 1050. The summed E-state index contributed by atoms with van der Waals surface area (Å²) < 4.78 is 12.8. The van der Waals surface area contributed by atoms with E-state index in [-0.39, 0.29) is 12.7 Å². The lowest BCUT2D eigenvalue weighted by Gasteiger charge is -2.06. The molecule has 2 aromatic carbocycles. The van der Waals surface area contributed by atoms with E-state index in [0.29, 0.717) is 24.9 Å². The average Bonchev–Trinajstić information content (AvgIpc) is 3.33. The molecule has 142 valence electrons. The number of carbonyl (C=O) groups is 1. The van der Waals surface area contributed by atoms with Gasteiger partial charge < -0.3 is 19.4 Å². The zero-order valence-corrected chi connectivity index (χ0v) is 15.5. The van der Waals surface area contributed by atoms with Crippen molar-refractivity contribution in [2.75, 3.05) is 13.3 Å². The van der Waals surface area contributed by atoms with Gasteiger partial charge in [-0.15, -0.1) is 0 Å². The SMILES string of the molecule is N#CCCCn1cc(C(=O)NCCc2ccc3c(c2)OCO3)c2ccccc21. The third-order valence-corrected chi connectivity index (χ3v) is 4.86. The van der Waals surface area contributed by atoms with Crippen LogP contribution in [0.3, 0.4) is 0 Å². The summed E-state index contributed by atoms with van der Waals surface area (Å²) in [6.45, 7) is 1.51. The summed E-state index contributed by atoms with van der Waals surface area (Å²) in [5, 5.41) is 12.7. The molecule has 2 heterocycles. The number of nitriles is 1. The minimum absolute atomic E-state index is 0.0871. The fraction of sp³-hybridized carbons (Fsp3) is 0.273. The predicted octanol–water partition coefficient (Wildman–Crippen LogP) is 3.65. The standard InChI is InChI=1S/C22H21N3O3/c23-10-3-4-12-25-14-18(17-5-1-2-6-19(17)25)22(26)24-11-9-16-7-8-20-21(13-16)28-15-27-20/h1-2,5-8,13-14H,3-4,9,11-12,15H2,(H,24,26). The molecule has 0 bridgehead atoms. The quantitative estimate of drug-likeness (QED) is 0.640. The molecule has 1 aromatic heterocycles. The highest BCUT2D eigenvalue weighted by molar-refractivity contribution is 6.07.